The lowest BCUT2D eigenvalue weighted by Crippen LogP contribution is -2.37. The van der Waals surface area contributed by atoms with Gasteiger partial charge in [0.05, 0.1) is 11.6 Å². The van der Waals surface area contributed by atoms with Crippen molar-refractivity contribution >= 4 is 23.6 Å². The molecule has 138 valence electrons. The molecule has 0 atom stereocenters. The fourth-order valence-electron chi connectivity index (χ4n) is 2.35. The number of carbonyl (C=O) groups excluding carboxylic acids is 1. The molecule has 1 aliphatic rings. The summed E-state index contributed by atoms with van der Waals surface area (Å²) in [5.41, 5.74) is 0.793. The molecule has 1 aromatic rings. The van der Waals surface area contributed by atoms with E-state index in [1.165, 1.54) is 0 Å². The van der Waals surface area contributed by atoms with E-state index < -0.39 is 0 Å². The smallest absolute Gasteiger partial charge is 0.246 e. The van der Waals surface area contributed by atoms with E-state index in [2.05, 4.69) is 0 Å². The first-order valence-electron chi connectivity index (χ1n) is 8.21. The molecule has 6 nitrogen and oxygen atoms in total. The fraction of sp³-hybridized carbons (Fsp3) is 0.500. The molecular weight excluding hydrogens is 344 g/mol. The van der Waals surface area contributed by atoms with Crippen LogP contribution in [0.3, 0.4) is 0 Å². The number of likely N-dealkylation sites (N-methyl/N-ethyl adjacent to an activating group) is 1. The van der Waals surface area contributed by atoms with E-state index in [0.717, 1.165) is 12.1 Å². The lowest BCUT2D eigenvalue weighted by molar-refractivity contribution is -0.126. The Bertz CT molecular complexity index is 619. The number of rotatable bonds is 8. The summed E-state index contributed by atoms with van der Waals surface area (Å²) in [5.74, 6) is 1.10. The van der Waals surface area contributed by atoms with Gasteiger partial charge in [0.2, 0.25) is 5.91 Å². The van der Waals surface area contributed by atoms with E-state index in [1.807, 2.05) is 25.1 Å². The maximum Gasteiger partial charge on any atom is 0.246 e. The third-order valence-electron chi connectivity index (χ3n) is 3.73. The zero-order valence-corrected chi connectivity index (χ0v) is 15.7. The first-order valence-corrected chi connectivity index (χ1v) is 8.59. The number of nitrogens with zero attached hydrogens (tertiary/aromatic N) is 2. The van der Waals surface area contributed by atoms with Gasteiger partial charge in [-0.15, -0.1) is 0 Å². The molecule has 1 aromatic carbocycles. The molecule has 0 saturated heterocycles. The van der Waals surface area contributed by atoms with Crippen molar-refractivity contribution in [1.82, 2.24) is 9.80 Å². The number of hydrogen-bond donors (Lipinski definition) is 0. The molecule has 2 rings (SSSR count). The number of ether oxygens (including phenoxy) is 3. The van der Waals surface area contributed by atoms with Crippen LogP contribution in [0.2, 0.25) is 5.02 Å². The summed E-state index contributed by atoms with van der Waals surface area (Å²) >= 11 is 6.22. The largest absolute Gasteiger partial charge is 0.486 e. The summed E-state index contributed by atoms with van der Waals surface area (Å²) in [7, 11) is 5.58. The minimum absolute atomic E-state index is 0.0649. The predicted molar refractivity (Wildman–Crippen MR) is 98.5 cm³/mol. The molecular formula is C18H25ClN2O4. The van der Waals surface area contributed by atoms with Gasteiger partial charge in [0, 0.05) is 32.8 Å². The standard InChI is InChI=1S/C18H25ClN2O4/c1-20(2)6-7-21(8-9-23-3)17(22)5-4-14-12-15(19)18-16(13-14)24-10-11-25-18/h4-5,12-13H,6-11H2,1-3H3. The molecule has 0 aliphatic carbocycles. The van der Waals surface area contributed by atoms with Gasteiger partial charge in [-0.3, -0.25) is 4.79 Å². The van der Waals surface area contributed by atoms with Crippen molar-refractivity contribution in [3.05, 3.63) is 28.8 Å². The van der Waals surface area contributed by atoms with Crippen LogP contribution in [0.25, 0.3) is 6.08 Å². The highest BCUT2D eigenvalue weighted by molar-refractivity contribution is 6.32. The van der Waals surface area contributed by atoms with Crippen LogP contribution >= 0.6 is 11.6 Å². The van der Waals surface area contributed by atoms with Crippen LogP contribution in [-0.4, -0.2) is 76.4 Å². The number of halogens is 1. The molecule has 0 bridgehead atoms. The van der Waals surface area contributed by atoms with Crippen molar-refractivity contribution < 1.29 is 19.0 Å². The Morgan fingerprint density at radius 1 is 1.24 bits per heavy atom. The number of fused-ring (bicyclic) bond motifs is 1. The molecule has 25 heavy (non-hydrogen) atoms. The number of carbonyl (C=O) groups is 1. The van der Waals surface area contributed by atoms with Crippen molar-refractivity contribution in [2.24, 2.45) is 0 Å². The lowest BCUT2D eigenvalue weighted by atomic mass is 10.1. The van der Waals surface area contributed by atoms with Crippen LogP contribution in [0, 0.1) is 0 Å². The second-order valence-electron chi connectivity index (χ2n) is 5.98. The van der Waals surface area contributed by atoms with Crippen LogP contribution < -0.4 is 9.47 Å². The van der Waals surface area contributed by atoms with E-state index in [-0.39, 0.29) is 5.91 Å². The van der Waals surface area contributed by atoms with Crippen LogP contribution in [0.1, 0.15) is 5.56 Å². The summed E-state index contributed by atoms with van der Waals surface area (Å²) in [5, 5.41) is 0.480. The zero-order valence-electron chi connectivity index (χ0n) is 15.0. The van der Waals surface area contributed by atoms with Crippen LogP contribution in [-0.2, 0) is 9.53 Å². The Balaban J connectivity index is 2.07. The third kappa shape index (κ3) is 5.92. The normalized spacial score (nSPS) is 13.5. The summed E-state index contributed by atoms with van der Waals surface area (Å²) in [4.78, 5) is 16.3. The summed E-state index contributed by atoms with van der Waals surface area (Å²) in [6.45, 7) is 3.46. The fourth-order valence-corrected chi connectivity index (χ4v) is 2.63. The van der Waals surface area contributed by atoms with Crippen molar-refractivity contribution in [2.45, 2.75) is 0 Å². The van der Waals surface area contributed by atoms with E-state index in [0.29, 0.717) is 49.4 Å². The van der Waals surface area contributed by atoms with Gasteiger partial charge in [-0.25, -0.2) is 0 Å². The quantitative estimate of drug-likeness (QED) is 0.658. The van der Waals surface area contributed by atoms with Crippen LogP contribution in [0.4, 0.5) is 0 Å². The lowest BCUT2D eigenvalue weighted by Gasteiger charge is -2.23. The second-order valence-corrected chi connectivity index (χ2v) is 6.39. The average molecular weight is 369 g/mol. The third-order valence-corrected chi connectivity index (χ3v) is 4.01. The van der Waals surface area contributed by atoms with Gasteiger partial charge in [-0.05, 0) is 37.9 Å². The number of benzene rings is 1. The van der Waals surface area contributed by atoms with E-state index >= 15 is 0 Å². The first kappa shape index (κ1) is 19.6. The molecule has 0 spiro atoms. The zero-order chi connectivity index (χ0) is 18.2. The highest BCUT2D eigenvalue weighted by Crippen LogP contribution is 2.38. The van der Waals surface area contributed by atoms with Gasteiger partial charge in [-0.2, -0.15) is 0 Å². The van der Waals surface area contributed by atoms with Crippen molar-refractivity contribution in [3.8, 4) is 11.5 Å². The summed E-state index contributed by atoms with van der Waals surface area (Å²) < 4.78 is 16.1. The minimum Gasteiger partial charge on any atom is -0.486 e. The topological polar surface area (TPSA) is 51.2 Å². The van der Waals surface area contributed by atoms with Crippen LogP contribution in [0.5, 0.6) is 11.5 Å². The van der Waals surface area contributed by atoms with E-state index in [1.54, 1.807) is 30.2 Å². The molecule has 0 fully saturated rings. The number of methoxy groups -OCH3 is 1. The van der Waals surface area contributed by atoms with E-state index in [9.17, 15) is 4.79 Å². The molecule has 0 radical (unpaired) electrons. The number of hydrogen-bond acceptors (Lipinski definition) is 5. The first-order chi connectivity index (χ1) is 12.0. The van der Waals surface area contributed by atoms with Crippen LogP contribution in [0.15, 0.2) is 18.2 Å². The molecule has 7 heteroatoms. The second kappa shape index (κ2) is 9.65. The monoisotopic (exact) mass is 368 g/mol. The molecule has 0 N–H and O–H groups in total. The molecule has 1 aliphatic heterocycles. The summed E-state index contributed by atoms with van der Waals surface area (Å²) in [6, 6.07) is 3.58. The Hall–Kier alpha value is -1.76. The van der Waals surface area contributed by atoms with Gasteiger partial charge in [0.15, 0.2) is 11.5 Å². The molecule has 0 unspecified atom stereocenters. The van der Waals surface area contributed by atoms with Crippen molar-refractivity contribution in [1.29, 1.82) is 0 Å². The van der Waals surface area contributed by atoms with Gasteiger partial charge in [0.1, 0.15) is 13.2 Å². The van der Waals surface area contributed by atoms with Gasteiger partial charge in [-0.1, -0.05) is 11.6 Å². The highest BCUT2D eigenvalue weighted by Gasteiger charge is 2.16. The molecule has 0 aromatic heterocycles. The van der Waals surface area contributed by atoms with Gasteiger partial charge < -0.3 is 24.0 Å². The van der Waals surface area contributed by atoms with Crippen molar-refractivity contribution in [2.75, 3.05) is 60.7 Å². The number of amides is 1. The Morgan fingerprint density at radius 2 is 2.00 bits per heavy atom. The SMILES string of the molecule is COCCN(CCN(C)C)C(=O)C=Cc1cc(Cl)c2c(c1)OCCO2. The molecule has 0 saturated carbocycles. The maximum atomic E-state index is 12.5. The maximum absolute atomic E-state index is 12.5. The Kier molecular flexibility index (Phi) is 7.55. The molecule has 1 amide bonds. The van der Waals surface area contributed by atoms with Gasteiger partial charge in [0.25, 0.3) is 0 Å². The molecule has 1 heterocycles. The Labute approximate surface area is 153 Å². The predicted octanol–water partition coefficient (Wildman–Crippen LogP) is 2.16. The van der Waals surface area contributed by atoms with E-state index in [4.69, 9.17) is 25.8 Å². The average Bonchev–Trinajstić information content (AvgIpc) is 2.59. The Morgan fingerprint density at radius 3 is 2.72 bits per heavy atom. The minimum atomic E-state index is -0.0649. The van der Waals surface area contributed by atoms with Crippen molar-refractivity contribution in [3.63, 3.8) is 0 Å². The summed E-state index contributed by atoms with van der Waals surface area (Å²) in [6.07, 6.45) is 3.29. The van der Waals surface area contributed by atoms with Gasteiger partial charge >= 0.3 is 0 Å². The highest BCUT2D eigenvalue weighted by atomic mass is 35.5.